The number of carbonyl (C=O) groups excluding carboxylic acids is 1. The quantitative estimate of drug-likeness (QED) is 0.540. The topological polar surface area (TPSA) is 113 Å². The molecular weight excluding hydrogens is 236 g/mol. The molecule has 1 aromatic rings. The minimum atomic E-state index is -1.30. The number of nitrogens with two attached hydrogens (primary N) is 1. The zero-order valence-corrected chi connectivity index (χ0v) is 9.96. The second-order valence-electron chi connectivity index (χ2n) is 4.04. The summed E-state index contributed by atoms with van der Waals surface area (Å²) >= 11 is 0. The Morgan fingerprint density at radius 2 is 1.89 bits per heavy atom. The van der Waals surface area contributed by atoms with E-state index >= 15 is 0 Å². The highest BCUT2D eigenvalue weighted by atomic mass is 16.4. The fourth-order valence-corrected chi connectivity index (χ4v) is 1.43. The van der Waals surface area contributed by atoms with Crippen LogP contribution in [-0.2, 0) is 16.0 Å². The fraction of sp³-hybridized carbons (Fsp3) is 0.333. The first-order valence-electron chi connectivity index (χ1n) is 5.45. The second-order valence-corrected chi connectivity index (χ2v) is 4.04. The number of nitrogens with one attached hydrogen (secondary N) is 1. The van der Waals surface area contributed by atoms with Crippen molar-refractivity contribution in [2.45, 2.75) is 25.5 Å². The van der Waals surface area contributed by atoms with Crippen LogP contribution in [0.25, 0.3) is 0 Å². The Morgan fingerprint density at radius 3 is 2.33 bits per heavy atom. The van der Waals surface area contributed by atoms with Crippen LogP contribution < -0.4 is 11.1 Å². The molecule has 0 unspecified atom stereocenters. The van der Waals surface area contributed by atoms with Crippen LogP contribution in [0.2, 0.25) is 0 Å². The minimum absolute atomic E-state index is 0.0385. The number of amides is 1. The molecule has 98 valence electrons. The molecule has 18 heavy (non-hydrogen) atoms. The lowest BCUT2D eigenvalue weighted by Gasteiger charge is -2.16. The smallest absolute Gasteiger partial charge is 0.328 e. The minimum Gasteiger partial charge on any atom is -0.480 e. The molecule has 0 fully saturated rings. The lowest BCUT2D eigenvalue weighted by molar-refractivity contribution is -0.144. The van der Waals surface area contributed by atoms with Crippen molar-refractivity contribution in [1.29, 1.82) is 0 Å². The number of carboxylic acid groups (broad SMARTS) is 1. The van der Waals surface area contributed by atoms with Gasteiger partial charge in [-0.2, -0.15) is 0 Å². The lowest BCUT2D eigenvalue weighted by Crippen LogP contribution is -2.48. The van der Waals surface area contributed by atoms with Crippen molar-refractivity contribution in [3.8, 4) is 0 Å². The van der Waals surface area contributed by atoms with Gasteiger partial charge in [-0.3, -0.25) is 4.79 Å². The van der Waals surface area contributed by atoms with E-state index in [4.69, 9.17) is 10.8 Å². The highest BCUT2D eigenvalue weighted by Gasteiger charge is 2.24. The van der Waals surface area contributed by atoms with Crippen molar-refractivity contribution in [2.75, 3.05) is 5.73 Å². The van der Waals surface area contributed by atoms with Crippen molar-refractivity contribution in [3.05, 3.63) is 29.8 Å². The zero-order chi connectivity index (χ0) is 13.7. The molecule has 6 heteroatoms. The van der Waals surface area contributed by atoms with Crippen LogP contribution >= 0.6 is 0 Å². The maximum atomic E-state index is 11.6. The third-order valence-corrected chi connectivity index (χ3v) is 2.41. The largest absolute Gasteiger partial charge is 0.480 e. The molecule has 1 amide bonds. The number of anilines is 1. The van der Waals surface area contributed by atoms with Crippen LogP contribution in [0.5, 0.6) is 0 Å². The first kappa shape index (κ1) is 14.0. The molecule has 5 N–H and O–H groups in total. The van der Waals surface area contributed by atoms with Crippen LogP contribution in [0.3, 0.4) is 0 Å². The SMILES string of the molecule is C[C@@H](O)[C@H](NC(=O)Cc1ccc(N)cc1)C(=O)O. The molecule has 1 rings (SSSR count). The second kappa shape index (κ2) is 6.02. The highest BCUT2D eigenvalue weighted by molar-refractivity contribution is 5.85. The summed E-state index contributed by atoms with van der Waals surface area (Å²) < 4.78 is 0. The number of aliphatic hydroxyl groups excluding tert-OH is 1. The van der Waals surface area contributed by atoms with Crippen molar-refractivity contribution >= 4 is 17.6 Å². The standard InChI is InChI=1S/C12H16N2O4/c1-7(15)11(12(17)18)14-10(16)6-8-2-4-9(13)5-3-8/h2-5,7,11,15H,6,13H2,1H3,(H,14,16)(H,17,18)/t7-,11+/m1/s1. The number of carbonyl (C=O) groups is 2. The molecule has 0 spiro atoms. The number of nitrogen functional groups attached to an aromatic ring is 1. The molecular formula is C12H16N2O4. The van der Waals surface area contributed by atoms with E-state index in [-0.39, 0.29) is 6.42 Å². The predicted octanol–water partition coefficient (Wildman–Crippen LogP) is -0.239. The Hall–Kier alpha value is -2.08. The number of benzene rings is 1. The molecule has 6 nitrogen and oxygen atoms in total. The molecule has 0 aliphatic carbocycles. The van der Waals surface area contributed by atoms with E-state index in [1.165, 1.54) is 6.92 Å². The summed E-state index contributed by atoms with van der Waals surface area (Å²) in [4.78, 5) is 22.4. The van der Waals surface area contributed by atoms with Crippen molar-refractivity contribution in [1.82, 2.24) is 5.32 Å². The van der Waals surface area contributed by atoms with Gasteiger partial charge < -0.3 is 21.3 Å². The van der Waals surface area contributed by atoms with Gasteiger partial charge in [0.15, 0.2) is 6.04 Å². The van der Waals surface area contributed by atoms with E-state index in [0.29, 0.717) is 5.69 Å². The number of carboxylic acids is 1. The van der Waals surface area contributed by atoms with E-state index in [1.54, 1.807) is 24.3 Å². The number of hydrogen-bond acceptors (Lipinski definition) is 4. The van der Waals surface area contributed by atoms with E-state index < -0.39 is 24.0 Å². The van der Waals surface area contributed by atoms with Crippen LogP contribution in [0.15, 0.2) is 24.3 Å². The van der Waals surface area contributed by atoms with Crippen molar-refractivity contribution in [3.63, 3.8) is 0 Å². The Labute approximate surface area is 104 Å². The summed E-state index contributed by atoms with van der Waals surface area (Å²) in [5.74, 6) is -1.73. The van der Waals surface area contributed by atoms with Gasteiger partial charge in [0.05, 0.1) is 12.5 Å². The monoisotopic (exact) mass is 252 g/mol. The molecule has 0 radical (unpaired) electrons. The first-order valence-corrected chi connectivity index (χ1v) is 5.45. The van der Waals surface area contributed by atoms with Crippen LogP contribution in [0.4, 0.5) is 5.69 Å². The Balaban J connectivity index is 2.60. The average molecular weight is 252 g/mol. The van der Waals surface area contributed by atoms with Gasteiger partial charge in [-0.05, 0) is 24.6 Å². The average Bonchev–Trinajstić information content (AvgIpc) is 2.28. The molecule has 2 atom stereocenters. The van der Waals surface area contributed by atoms with Gasteiger partial charge in [0.25, 0.3) is 0 Å². The van der Waals surface area contributed by atoms with Gasteiger partial charge in [0.2, 0.25) is 5.91 Å². The van der Waals surface area contributed by atoms with Crippen molar-refractivity contribution in [2.24, 2.45) is 0 Å². The maximum Gasteiger partial charge on any atom is 0.328 e. The molecule has 0 aliphatic rings. The third kappa shape index (κ3) is 4.06. The van der Waals surface area contributed by atoms with E-state index in [1.807, 2.05) is 0 Å². The van der Waals surface area contributed by atoms with Crippen LogP contribution in [-0.4, -0.2) is 34.2 Å². The third-order valence-electron chi connectivity index (χ3n) is 2.41. The Bertz CT molecular complexity index is 428. The van der Waals surface area contributed by atoms with Gasteiger partial charge in [0, 0.05) is 5.69 Å². The normalized spacial score (nSPS) is 13.7. The molecule has 0 aliphatic heterocycles. The molecule has 0 aromatic heterocycles. The van der Waals surface area contributed by atoms with Gasteiger partial charge in [-0.25, -0.2) is 4.79 Å². The predicted molar refractivity (Wildman–Crippen MR) is 65.8 cm³/mol. The summed E-state index contributed by atoms with van der Waals surface area (Å²) in [6.45, 7) is 1.31. The van der Waals surface area contributed by atoms with Gasteiger partial charge >= 0.3 is 5.97 Å². The van der Waals surface area contributed by atoms with Gasteiger partial charge in [-0.1, -0.05) is 12.1 Å². The summed E-state index contributed by atoms with van der Waals surface area (Å²) in [5, 5.41) is 20.3. The van der Waals surface area contributed by atoms with Crippen LogP contribution in [0.1, 0.15) is 12.5 Å². The number of rotatable bonds is 5. The van der Waals surface area contributed by atoms with Gasteiger partial charge in [-0.15, -0.1) is 0 Å². The summed E-state index contributed by atoms with van der Waals surface area (Å²) in [7, 11) is 0. The zero-order valence-electron chi connectivity index (χ0n) is 9.96. The number of hydrogen-bond donors (Lipinski definition) is 4. The van der Waals surface area contributed by atoms with Crippen LogP contribution in [0, 0.1) is 0 Å². The molecule has 1 aromatic carbocycles. The maximum absolute atomic E-state index is 11.6. The summed E-state index contributed by atoms with van der Waals surface area (Å²) in [6, 6.07) is 5.39. The van der Waals surface area contributed by atoms with E-state index in [9.17, 15) is 14.7 Å². The highest BCUT2D eigenvalue weighted by Crippen LogP contribution is 2.06. The summed E-state index contributed by atoms with van der Waals surface area (Å²) in [6.07, 6.45) is -1.12. The van der Waals surface area contributed by atoms with E-state index in [0.717, 1.165) is 5.56 Å². The molecule has 0 saturated carbocycles. The molecule has 0 heterocycles. The molecule has 0 saturated heterocycles. The lowest BCUT2D eigenvalue weighted by atomic mass is 10.1. The van der Waals surface area contributed by atoms with E-state index in [2.05, 4.69) is 5.32 Å². The number of aliphatic hydroxyl groups is 1. The Morgan fingerprint density at radius 1 is 1.33 bits per heavy atom. The molecule has 0 bridgehead atoms. The summed E-state index contributed by atoms with van der Waals surface area (Å²) in [5.41, 5.74) is 6.81. The Kier molecular flexibility index (Phi) is 4.67. The van der Waals surface area contributed by atoms with Crippen molar-refractivity contribution < 1.29 is 19.8 Å². The fourth-order valence-electron chi connectivity index (χ4n) is 1.43. The first-order chi connectivity index (χ1) is 8.40. The number of aliphatic carboxylic acids is 1. The van der Waals surface area contributed by atoms with Gasteiger partial charge in [0.1, 0.15) is 0 Å².